The maximum atomic E-state index is 14.5. The van der Waals surface area contributed by atoms with Gasteiger partial charge in [-0.05, 0) is 54.8 Å². The van der Waals surface area contributed by atoms with E-state index < -0.39 is 0 Å². The summed E-state index contributed by atoms with van der Waals surface area (Å²) in [5.74, 6) is -0.229. The molecule has 0 saturated carbocycles. The Morgan fingerprint density at radius 2 is 1.73 bits per heavy atom. The highest BCUT2D eigenvalue weighted by molar-refractivity contribution is 6.13. The largest absolute Gasteiger partial charge is 0.221 e. The van der Waals surface area contributed by atoms with Gasteiger partial charge in [0.15, 0.2) is 5.69 Å². The fraction of sp³-hybridized carbons (Fsp3) is 0.208. The molecule has 0 radical (unpaired) electrons. The Morgan fingerprint density at radius 1 is 0.962 bits per heavy atom. The minimum atomic E-state index is -0.229. The lowest BCUT2D eigenvalue weighted by molar-refractivity contribution is -0.665. The standard InChI is InChI=1S/C24H23FN/c1-14-11-15(2)17(4)21(12-14)24-23-18(13-16(3)26(24)5)9-10-19-20(23)7-6-8-22(19)25/h6-13H,1-5H3/q+1/i13D. The van der Waals surface area contributed by atoms with Crippen LogP contribution in [0, 0.1) is 33.5 Å². The monoisotopic (exact) mass is 345 g/mol. The average Bonchev–Trinajstić information content (AvgIpc) is 2.64. The fourth-order valence-electron chi connectivity index (χ4n) is 3.89. The Bertz CT molecular complexity index is 1240. The maximum Gasteiger partial charge on any atom is 0.221 e. The Balaban J connectivity index is 2.32. The number of hydrogen-bond donors (Lipinski definition) is 0. The van der Waals surface area contributed by atoms with Crippen LogP contribution in [0.4, 0.5) is 4.39 Å². The van der Waals surface area contributed by atoms with E-state index in [2.05, 4.69) is 37.5 Å². The molecular formula is C24H23FN+. The van der Waals surface area contributed by atoms with Crippen molar-refractivity contribution in [1.29, 1.82) is 0 Å². The molecule has 4 rings (SSSR count). The van der Waals surface area contributed by atoms with Gasteiger partial charge < -0.3 is 0 Å². The molecule has 0 spiro atoms. The Morgan fingerprint density at radius 3 is 2.50 bits per heavy atom. The molecule has 0 bridgehead atoms. The second-order valence-electron chi connectivity index (χ2n) is 7.20. The molecule has 3 aromatic carbocycles. The highest BCUT2D eigenvalue weighted by Gasteiger charge is 2.22. The second-order valence-corrected chi connectivity index (χ2v) is 7.20. The van der Waals surface area contributed by atoms with Gasteiger partial charge in [-0.1, -0.05) is 35.9 Å². The van der Waals surface area contributed by atoms with Crippen molar-refractivity contribution < 1.29 is 10.3 Å². The summed E-state index contributed by atoms with van der Waals surface area (Å²) < 4.78 is 25.2. The highest BCUT2D eigenvalue weighted by Crippen LogP contribution is 2.36. The van der Waals surface area contributed by atoms with Gasteiger partial charge in [0, 0.05) is 18.4 Å². The van der Waals surface area contributed by atoms with Gasteiger partial charge in [-0.15, -0.1) is 0 Å². The van der Waals surface area contributed by atoms with Crippen molar-refractivity contribution in [3.05, 3.63) is 76.7 Å². The number of aryl methyl sites for hydroxylation is 2. The molecule has 26 heavy (non-hydrogen) atoms. The van der Waals surface area contributed by atoms with Crippen molar-refractivity contribution in [3.8, 4) is 11.3 Å². The molecule has 0 aliphatic heterocycles. The number of hydrogen-bond acceptors (Lipinski definition) is 0. The minimum Gasteiger partial charge on any atom is -0.206 e. The first kappa shape index (κ1) is 15.5. The van der Waals surface area contributed by atoms with E-state index in [1.54, 1.807) is 12.1 Å². The Kier molecular flexibility index (Phi) is 3.53. The number of aromatic nitrogens is 1. The molecular weight excluding hydrogens is 321 g/mol. The van der Waals surface area contributed by atoms with Crippen LogP contribution in [0.5, 0.6) is 0 Å². The topological polar surface area (TPSA) is 3.88 Å². The third-order valence-electron chi connectivity index (χ3n) is 5.47. The predicted molar refractivity (Wildman–Crippen MR) is 107 cm³/mol. The van der Waals surface area contributed by atoms with Crippen LogP contribution < -0.4 is 4.57 Å². The maximum absolute atomic E-state index is 14.5. The van der Waals surface area contributed by atoms with E-state index >= 15 is 0 Å². The number of halogens is 1. The van der Waals surface area contributed by atoms with E-state index in [0.29, 0.717) is 11.4 Å². The molecule has 0 atom stereocenters. The van der Waals surface area contributed by atoms with Crippen molar-refractivity contribution in [2.24, 2.45) is 7.05 Å². The van der Waals surface area contributed by atoms with Crippen LogP contribution >= 0.6 is 0 Å². The number of rotatable bonds is 1. The Hall–Kier alpha value is -2.74. The lowest BCUT2D eigenvalue weighted by atomic mass is 9.92. The van der Waals surface area contributed by atoms with Gasteiger partial charge in [-0.2, -0.15) is 4.57 Å². The summed E-state index contributed by atoms with van der Waals surface area (Å²) in [5.41, 5.74) is 6.71. The minimum absolute atomic E-state index is 0.229. The summed E-state index contributed by atoms with van der Waals surface area (Å²) in [6.07, 6.45) is 0. The van der Waals surface area contributed by atoms with E-state index in [4.69, 9.17) is 1.37 Å². The summed E-state index contributed by atoms with van der Waals surface area (Å²) in [5, 5.41) is 3.25. The van der Waals surface area contributed by atoms with Crippen molar-refractivity contribution in [2.75, 3.05) is 0 Å². The molecule has 2 heteroatoms. The summed E-state index contributed by atoms with van der Waals surface area (Å²) in [6, 6.07) is 13.7. The van der Waals surface area contributed by atoms with Gasteiger partial charge in [0.05, 0.1) is 12.3 Å². The molecule has 0 unspecified atom stereocenters. The molecule has 1 heterocycles. The van der Waals surface area contributed by atoms with Crippen LogP contribution in [0.1, 0.15) is 23.8 Å². The molecule has 1 nitrogen and oxygen atoms in total. The number of benzene rings is 3. The van der Waals surface area contributed by atoms with Crippen molar-refractivity contribution in [2.45, 2.75) is 27.7 Å². The van der Waals surface area contributed by atoms with Crippen molar-refractivity contribution in [3.63, 3.8) is 0 Å². The molecule has 0 fully saturated rings. The van der Waals surface area contributed by atoms with Crippen LogP contribution in [0.3, 0.4) is 0 Å². The van der Waals surface area contributed by atoms with E-state index in [-0.39, 0.29) is 5.82 Å². The zero-order valence-corrected chi connectivity index (χ0v) is 15.9. The molecule has 130 valence electrons. The molecule has 0 saturated heterocycles. The first-order valence-corrected chi connectivity index (χ1v) is 8.89. The van der Waals surface area contributed by atoms with Gasteiger partial charge in [0.1, 0.15) is 12.9 Å². The molecule has 4 aromatic rings. The number of pyridine rings is 1. The second kappa shape index (κ2) is 5.91. The quantitative estimate of drug-likeness (QED) is 0.301. The SMILES string of the molecule is [2H]c1c(C)[n+](C)c(-c2cc(C)cc(C)c2C)c2c1ccc1c(F)cccc12. The first-order chi connectivity index (χ1) is 12.8. The van der Waals surface area contributed by atoms with Crippen LogP contribution in [0.15, 0.2) is 48.5 Å². The van der Waals surface area contributed by atoms with Crippen LogP contribution in [0.2, 0.25) is 0 Å². The number of nitrogens with zero attached hydrogens (tertiary/aromatic N) is 1. The molecule has 0 N–H and O–H groups in total. The molecule has 1 aromatic heterocycles. The van der Waals surface area contributed by atoms with E-state index in [1.807, 2.05) is 26.1 Å². The summed E-state index contributed by atoms with van der Waals surface area (Å²) in [4.78, 5) is 0. The first-order valence-electron chi connectivity index (χ1n) is 9.39. The summed E-state index contributed by atoms with van der Waals surface area (Å²) >= 11 is 0. The third kappa shape index (κ3) is 2.40. The van der Waals surface area contributed by atoms with Gasteiger partial charge in [0.2, 0.25) is 5.69 Å². The lowest BCUT2D eigenvalue weighted by Crippen LogP contribution is -2.35. The third-order valence-corrected chi connectivity index (χ3v) is 5.47. The van der Waals surface area contributed by atoms with E-state index in [1.165, 1.54) is 22.8 Å². The van der Waals surface area contributed by atoms with Gasteiger partial charge in [-0.25, -0.2) is 4.39 Å². The van der Waals surface area contributed by atoms with E-state index in [0.717, 1.165) is 33.1 Å². The van der Waals surface area contributed by atoms with Gasteiger partial charge >= 0.3 is 0 Å². The van der Waals surface area contributed by atoms with Gasteiger partial charge in [0.25, 0.3) is 0 Å². The molecule has 0 amide bonds. The van der Waals surface area contributed by atoms with Gasteiger partial charge in [-0.3, -0.25) is 0 Å². The fourth-order valence-corrected chi connectivity index (χ4v) is 3.89. The molecule has 0 aliphatic carbocycles. The highest BCUT2D eigenvalue weighted by atomic mass is 19.1. The zero-order valence-electron chi connectivity index (χ0n) is 16.9. The number of fused-ring (bicyclic) bond motifs is 3. The normalized spacial score (nSPS) is 12.0. The smallest absolute Gasteiger partial charge is 0.206 e. The zero-order chi connectivity index (χ0) is 19.5. The van der Waals surface area contributed by atoms with Crippen molar-refractivity contribution >= 4 is 21.5 Å². The van der Waals surface area contributed by atoms with Crippen LogP contribution in [-0.2, 0) is 7.05 Å². The van der Waals surface area contributed by atoms with E-state index in [9.17, 15) is 4.39 Å². The Labute approximate surface area is 155 Å². The summed E-state index contributed by atoms with van der Waals surface area (Å²) in [6.45, 7) is 8.32. The lowest BCUT2D eigenvalue weighted by Gasteiger charge is -2.14. The molecule has 0 aliphatic rings. The van der Waals surface area contributed by atoms with Crippen LogP contribution in [-0.4, -0.2) is 0 Å². The van der Waals surface area contributed by atoms with Crippen LogP contribution in [0.25, 0.3) is 32.8 Å². The predicted octanol–water partition coefficient (Wildman–Crippen LogP) is 5.86. The van der Waals surface area contributed by atoms with Crippen molar-refractivity contribution in [1.82, 2.24) is 0 Å². The average molecular weight is 345 g/mol. The summed E-state index contributed by atoms with van der Waals surface area (Å²) in [7, 11) is 2.00.